The monoisotopic (exact) mass is 435 g/mol. The van der Waals surface area contributed by atoms with Crippen molar-refractivity contribution in [3.05, 3.63) is 76.6 Å². The Hall–Kier alpha value is -4.41. The standard InChI is InChI=1S/C21H18FN7O3/c1-13(30)24-15-6-8-16(9-7-15)25-18(31)11-28-12-23-20-19(21(28)32)26-27-29(20)10-14-4-2-3-5-17(14)22/h2-9,12H,10-11H2,1H3,(H,24,30)(H,25,31). The van der Waals surface area contributed by atoms with E-state index in [4.69, 9.17) is 0 Å². The number of nitrogens with one attached hydrogen (secondary N) is 2. The number of carbonyl (C=O) groups excluding carboxylic acids is 2. The molecule has 11 heteroatoms. The fourth-order valence-corrected chi connectivity index (χ4v) is 3.09. The number of amides is 2. The second-order valence-electron chi connectivity index (χ2n) is 7.00. The van der Waals surface area contributed by atoms with Gasteiger partial charge < -0.3 is 10.6 Å². The predicted molar refractivity (Wildman–Crippen MR) is 114 cm³/mol. The van der Waals surface area contributed by atoms with Crippen LogP contribution in [0.25, 0.3) is 11.2 Å². The van der Waals surface area contributed by atoms with Gasteiger partial charge in [0.2, 0.25) is 11.8 Å². The first kappa shape index (κ1) is 20.8. The van der Waals surface area contributed by atoms with Gasteiger partial charge in [-0.15, -0.1) is 5.10 Å². The second kappa shape index (κ2) is 8.76. The second-order valence-corrected chi connectivity index (χ2v) is 7.00. The topological polar surface area (TPSA) is 124 Å². The third kappa shape index (κ3) is 4.51. The zero-order chi connectivity index (χ0) is 22.7. The lowest BCUT2D eigenvalue weighted by Gasteiger charge is -2.08. The molecule has 2 aromatic carbocycles. The molecule has 32 heavy (non-hydrogen) atoms. The molecule has 0 atom stereocenters. The van der Waals surface area contributed by atoms with Crippen LogP contribution in [0.3, 0.4) is 0 Å². The van der Waals surface area contributed by atoms with E-state index in [0.29, 0.717) is 16.9 Å². The lowest BCUT2D eigenvalue weighted by molar-refractivity contribution is -0.117. The number of hydrogen-bond acceptors (Lipinski definition) is 6. The Morgan fingerprint density at radius 3 is 2.41 bits per heavy atom. The molecule has 0 aliphatic rings. The average molecular weight is 435 g/mol. The van der Waals surface area contributed by atoms with Crippen LogP contribution in [-0.2, 0) is 22.7 Å². The van der Waals surface area contributed by atoms with E-state index in [-0.39, 0.29) is 30.2 Å². The van der Waals surface area contributed by atoms with Crippen LogP contribution in [0, 0.1) is 5.82 Å². The summed E-state index contributed by atoms with van der Waals surface area (Å²) in [7, 11) is 0. The molecule has 4 rings (SSSR count). The number of rotatable bonds is 6. The highest BCUT2D eigenvalue weighted by atomic mass is 19.1. The van der Waals surface area contributed by atoms with Gasteiger partial charge >= 0.3 is 0 Å². The summed E-state index contributed by atoms with van der Waals surface area (Å²) in [6, 6.07) is 12.8. The van der Waals surface area contributed by atoms with Crippen molar-refractivity contribution in [1.29, 1.82) is 0 Å². The number of benzene rings is 2. The van der Waals surface area contributed by atoms with Crippen molar-refractivity contribution in [2.45, 2.75) is 20.0 Å². The lowest BCUT2D eigenvalue weighted by Crippen LogP contribution is -2.28. The summed E-state index contributed by atoms with van der Waals surface area (Å²) < 4.78 is 16.4. The van der Waals surface area contributed by atoms with Gasteiger partial charge in [-0.1, -0.05) is 23.4 Å². The summed E-state index contributed by atoms with van der Waals surface area (Å²) in [6.07, 6.45) is 1.23. The summed E-state index contributed by atoms with van der Waals surface area (Å²) >= 11 is 0. The van der Waals surface area contributed by atoms with E-state index in [2.05, 4.69) is 25.9 Å². The molecule has 10 nitrogen and oxygen atoms in total. The SMILES string of the molecule is CC(=O)Nc1ccc(NC(=O)Cn2cnc3c(nnn3Cc3ccccc3F)c2=O)cc1. The maximum atomic E-state index is 13.9. The molecular weight excluding hydrogens is 417 g/mol. The highest BCUT2D eigenvalue weighted by Crippen LogP contribution is 2.14. The van der Waals surface area contributed by atoms with E-state index in [0.717, 1.165) is 4.57 Å². The van der Waals surface area contributed by atoms with Crippen LogP contribution in [-0.4, -0.2) is 36.4 Å². The number of carbonyl (C=O) groups is 2. The number of hydrogen-bond donors (Lipinski definition) is 2. The number of halogens is 1. The van der Waals surface area contributed by atoms with Crippen molar-refractivity contribution < 1.29 is 14.0 Å². The number of nitrogens with zero attached hydrogens (tertiary/aromatic N) is 5. The van der Waals surface area contributed by atoms with E-state index >= 15 is 0 Å². The third-order valence-electron chi connectivity index (χ3n) is 4.57. The summed E-state index contributed by atoms with van der Waals surface area (Å²) in [6.45, 7) is 1.18. The van der Waals surface area contributed by atoms with Crippen molar-refractivity contribution in [2.24, 2.45) is 0 Å². The highest BCUT2D eigenvalue weighted by molar-refractivity contribution is 5.92. The molecule has 2 aromatic heterocycles. The third-order valence-corrected chi connectivity index (χ3v) is 4.57. The molecule has 0 saturated carbocycles. The zero-order valence-corrected chi connectivity index (χ0v) is 16.9. The molecule has 0 aliphatic heterocycles. The molecule has 0 unspecified atom stereocenters. The Morgan fingerprint density at radius 1 is 1.03 bits per heavy atom. The first-order chi connectivity index (χ1) is 15.4. The van der Waals surface area contributed by atoms with Crippen LogP contribution in [0.4, 0.5) is 15.8 Å². The Balaban J connectivity index is 1.48. The van der Waals surface area contributed by atoms with Crippen molar-refractivity contribution in [3.63, 3.8) is 0 Å². The smallest absolute Gasteiger partial charge is 0.283 e. The Kier molecular flexibility index (Phi) is 5.71. The van der Waals surface area contributed by atoms with E-state index in [1.165, 1.54) is 24.0 Å². The summed E-state index contributed by atoms with van der Waals surface area (Å²) in [5.74, 6) is -1.04. The van der Waals surface area contributed by atoms with Crippen molar-refractivity contribution in [2.75, 3.05) is 10.6 Å². The summed E-state index contributed by atoms with van der Waals surface area (Å²) in [4.78, 5) is 40.3. The van der Waals surface area contributed by atoms with Crippen LogP contribution in [0.2, 0.25) is 0 Å². The van der Waals surface area contributed by atoms with Crippen LogP contribution in [0.1, 0.15) is 12.5 Å². The van der Waals surface area contributed by atoms with Crippen LogP contribution in [0.5, 0.6) is 0 Å². The highest BCUT2D eigenvalue weighted by Gasteiger charge is 2.15. The summed E-state index contributed by atoms with van der Waals surface area (Å²) in [5.41, 5.74) is 1.13. The molecule has 2 heterocycles. The minimum absolute atomic E-state index is 0.0173. The maximum Gasteiger partial charge on any atom is 0.283 e. The minimum Gasteiger partial charge on any atom is -0.326 e. The number of aromatic nitrogens is 5. The molecule has 0 saturated heterocycles. The normalized spacial score (nSPS) is 10.8. The summed E-state index contributed by atoms with van der Waals surface area (Å²) in [5, 5.41) is 13.1. The van der Waals surface area contributed by atoms with Gasteiger partial charge in [-0.05, 0) is 30.3 Å². The Morgan fingerprint density at radius 2 is 1.72 bits per heavy atom. The predicted octanol–water partition coefficient (Wildman–Crippen LogP) is 1.77. The van der Waals surface area contributed by atoms with Crippen LogP contribution >= 0.6 is 0 Å². The first-order valence-electron chi connectivity index (χ1n) is 9.60. The Labute approximate surface area is 180 Å². The van der Waals surface area contributed by atoms with Crippen LogP contribution in [0.15, 0.2) is 59.7 Å². The fourth-order valence-electron chi connectivity index (χ4n) is 3.09. The fraction of sp³-hybridized carbons (Fsp3) is 0.143. The molecular formula is C21H18FN7O3. The van der Waals surface area contributed by atoms with Crippen molar-refractivity contribution in [3.8, 4) is 0 Å². The van der Waals surface area contributed by atoms with Gasteiger partial charge in [0.05, 0.1) is 6.54 Å². The van der Waals surface area contributed by atoms with E-state index in [1.54, 1.807) is 42.5 Å². The molecule has 0 radical (unpaired) electrons. The molecule has 0 fully saturated rings. The van der Waals surface area contributed by atoms with Gasteiger partial charge in [0.15, 0.2) is 11.2 Å². The largest absolute Gasteiger partial charge is 0.326 e. The maximum absolute atomic E-state index is 13.9. The van der Waals surface area contributed by atoms with Gasteiger partial charge in [0, 0.05) is 23.9 Å². The minimum atomic E-state index is -0.536. The van der Waals surface area contributed by atoms with Gasteiger partial charge in [0.25, 0.3) is 5.56 Å². The lowest BCUT2D eigenvalue weighted by atomic mass is 10.2. The van der Waals surface area contributed by atoms with Gasteiger partial charge in [-0.2, -0.15) is 0 Å². The molecule has 0 bridgehead atoms. The van der Waals surface area contributed by atoms with E-state index in [1.807, 2.05) is 0 Å². The quantitative estimate of drug-likeness (QED) is 0.476. The molecule has 4 aromatic rings. The van der Waals surface area contributed by atoms with E-state index in [9.17, 15) is 18.8 Å². The molecule has 2 N–H and O–H groups in total. The van der Waals surface area contributed by atoms with Gasteiger partial charge in [0.1, 0.15) is 18.7 Å². The van der Waals surface area contributed by atoms with Crippen molar-refractivity contribution in [1.82, 2.24) is 24.5 Å². The molecule has 0 aliphatic carbocycles. The first-order valence-corrected chi connectivity index (χ1v) is 9.60. The number of anilines is 2. The van der Waals surface area contributed by atoms with Crippen LogP contribution < -0.4 is 16.2 Å². The molecule has 2 amide bonds. The number of fused-ring (bicyclic) bond motifs is 1. The Bertz CT molecular complexity index is 1360. The molecule has 0 spiro atoms. The zero-order valence-electron chi connectivity index (χ0n) is 16.9. The van der Waals surface area contributed by atoms with Gasteiger partial charge in [-0.25, -0.2) is 14.1 Å². The van der Waals surface area contributed by atoms with Crippen molar-refractivity contribution >= 4 is 34.4 Å². The average Bonchev–Trinajstić information content (AvgIpc) is 3.16. The van der Waals surface area contributed by atoms with Gasteiger partial charge in [-0.3, -0.25) is 19.0 Å². The molecule has 162 valence electrons. The van der Waals surface area contributed by atoms with E-state index < -0.39 is 17.3 Å².